The van der Waals surface area contributed by atoms with E-state index in [9.17, 15) is 0 Å². The van der Waals surface area contributed by atoms with Gasteiger partial charge in [-0.05, 0) is 28.5 Å². The Morgan fingerprint density at radius 2 is 1.81 bits per heavy atom. The predicted molar refractivity (Wildman–Crippen MR) is 114 cm³/mol. The van der Waals surface area contributed by atoms with Crippen molar-refractivity contribution in [2.75, 3.05) is 6.54 Å². The lowest BCUT2D eigenvalue weighted by atomic mass is 10.1. The maximum Gasteiger partial charge on any atom is 0.167 e. The van der Waals surface area contributed by atoms with E-state index in [4.69, 9.17) is 16.7 Å². The third kappa shape index (κ3) is 3.89. The molecule has 0 saturated carbocycles. The number of aromatic nitrogens is 1. The van der Waals surface area contributed by atoms with Gasteiger partial charge in [-0.1, -0.05) is 83.7 Å². The second kappa shape index (κ2) is 7.89. The second-order valence-electron chi connectivity index (χ2n) is 6.06. The molecule has 0 aliphatic rings. The summed E-state index contributed by atoms with van der Waals surface area (Å²) < 4.78 is 6.14. The average Bonchev–Trinajstić information content (AvgIpc) is 3.09. The first-order chi connectivity index (χ1) is 12.8. The van der Waals surface area contributed by atoms with Crippen LogP contribution in [0.4, 0.5) is 0 Å². The van der Waals surface area contributed by atoms with Gasteiger partial charge in [0.15, 0.2) is 5.58 Å². The predicted octanol–water partition coefficient (Wildman–Crippen LogP) is 5.33. The van der Waals surface area contributed by atoms with E-state index in [0.29, 0.717) is 0 Å². The minimum Gasteiger partial charge on any atom is -0.371 e. The van der Waals surface area contributed by atoms with E-state index >= 15 is 0 Å². The van der Waals surface area contributed by atoms with E-state index in [1.165, 1.54) is 16.3 Å². The summed E-state index contributed by atoms with van der Waals surface area (Å²) in [6, 6.07) is 22.9. The highest BCUT2D eigenvalue weighted by Crippen LogP contribution is 2.20. The molecule has 3 aromatic carbocycles. The third-order valence-electron chi connectivity index (χ3n) is 4.27. The molecule has 0 bridgehead atoms. The van der Waals surface area contributed by atoms with Crippen LogP contribution in [0.1, 0.15) is 11.3 Å². The van der Waals surface area contributed by atoms with Crippen molar-refractivity contribution in [1.82, 2.24) is 10.5 Å². The zero-order valence-electron chi connectivity index (χ0n) is 14.1. The molecule has 0 unspecified atom stereocenters. The summed E-state index contributed by atoms with van der Waals surface area (Å²) >= 11 is 7.10. The molecule has 0 aliphatic carbocycles. The van der Waals surface area contributed by atoms with Crippen molar-refractivity contribution in [1.29, 1.82) is 0 Å². The lowest BCUT2D eigenvalue weighted by Gasteiger charge is -2.07. The van der Waals surface area contributed by atoms with Crippen LogP contribution in [0.3, 0.4) is 0 Å². The van der Waals surface area contributed by atoms with Crippen molar-refractivity contribution in [2.45, 2.75) is 12.2 Å². The van der Waals surface area contributed by atoms with Gasteiger partial charge in [0.1, 0.15) is 4.32 Å². The number of nitrogens with zero attached hydrogens (tertiary/aromatic N) is 1. The first kappa shape index (κ1) is 17.1. The smallest absolute Gasteiger partial charge is 0.167 e. The number of rotatable bonds is 5. The van der Waals surface area contributed by atoms with Crippen LogP contribution in [-0.2, 0) is 12.2 Å². The maximum atomic E-state index is 5.45. The number of fused-ring (bicyclic) bond motifs is 2. The van der Waals surface area contributed by atoms with Crippen molar-refractivity contribution in [3.63, 3.8) is 0 Å². The Labute approximate surface area is 161 Å². The van der Waals surface area contributed by atoms with E-state index in [-0.39, 0.29) is 0 Å². The molecular formula is C21H18N2OS2. The number of benzene rings is 3. The monoisotopic (exact) mass is 378 g/mol. The van der Waals surface area contributed by atoms with Crippen LogP contribution < -0.4 is 5.32 Å². The molecule has 0 radical (unpaired) electrons. The number of para-hydroxylation sites is 1. The van der Waals surface area contributed by atoms with Gasteiger partial charge in [-0.2, -0.15) is 0 Å². The van der Waals surface area contributed by atoms with Gasteiger partial charge in [0, 0.05) is 24.1 Å². The van der Waals surface area contributed by atoms with Crippen molar-refractivity contribution < 1.29 is 4.52 Å². The first-order valence-corrected chi connectivity index (χ1v) is 9.90. The molecule has 1 heterocycles. The quantitative estimate of drug-likeness (QED) is 0.475. The van der Waals surface area contributed by atoms with Crippen LogP contribution in [0.25, 0.3) is 21.7 Å². The van der Waals surface area contributed by atoms with Crippen molar-refractivity contribution >= 4 is 50.0 Å². The Morgan fingerprint density at radius 3 is 2.73 bits per heavy atom. The fourth-order valence-electron chi connectivity index (χ4n) is 2.93. The topological polar surface area (TPSA) is 38.1 Å². The summed E-state index contributed by atoms with van der Waals surface area (Å²) in [5.74, 6) is 0.865. The van der Waals surface area contributed by atoms with Crippen LogP contribution in [0.15, 0.2) is 71.3 Å². The van der Waals surface area contributed by atoms with Gasteiger partial charge < -0.3 is 9.84 Å². The summed E-state index contributed by atoms with van der Waals surface area (Å²) in [5.41, 5.74) is 3.08. The summed E-state index contributed by atoms with van der Waals surface area (Å²) in [6.45, 7) is 0.750. The molecule has 0 aliphatic heterocycles. The standard InChI is InChI=1S/C21H18N2OS2/c25-21(22-12-11-19-18-7-3-4-8-20(18)24-23-19)26-14-15-9-10-16-5-1-2-6-17(16)13-15/h1-10,13H,11-12,14H2,(H,22,25). The number of thioether (sulfide) groups is 1. The summed E-state index contributed by atoms with van der Waals surface area (Å²) in [5, 5.41) is 11.1. The molecule has 0 saturated heterocycles. The molecule has 4 rings (SSSR count). The fraction of sp³-hybridized carbons (Fsp3) is 0.143. The van der Waals surface area contributed by atoms with Gasteiger partial charge in [-0.15, -0.1) is 0 Å². The zero-order valence-corrected chi connectivity index (χ0v) is 15.8. The van der Waals surface area contributed by atoms with Crippen molar-refractivity contribution in [3.05, 3.63) is 78.0 Å². The highest BCUT2D eigenvalue weighted by Gasteiger charge is 2.07. The molecule has 0 spiro atoms. The molecular weight excluding hydrogens is 360 g/mol. The SMILES string of the molecule is S=C(NCCc1noc2ccccc12)SCc1ccc2ccccc2c1. The largest absolute Gasteiger partial charge is 0.371 e. The lowest BCUT2D eigenvalue weighted by molar-refractivity contribution is 0.446. The highest BCUT2D eigenvalue weighted by molar-refractivity contribution is 8.22. The van der Waals surface area contributed by atoms with E-state index in [1.54, 1.807) is 11.8 Å². The van der Waals surface area contributed by atoms with E-state index < -0.39 is 0 Å². The highest BCUT2D eigenvalue weighted by atomic mass is 32.2. The number of nitrogens with one attached hydrogen (secondary N) is 1. The Hall–Kier alpha value is -2.37. The molecule has 0 fully saturated rings. The molecule has 1 N–H and O–H groups in total. The fourth-order valence-corrected chi connectivity index (χ4v) is 3.89. The molecule has 26 heavy (non-hydrogen) atoms. The van der Waals surface area contributed by atoms with Gasteiger partial charge >= 0.3 is 0 Å². The molecule has 0 amide bonds. The van der Waals surface area contributed by atoms with Gasteiger partial charge in [-0.3, -0.25) is 0 Å². The molecule has 1 aromatic heterocycles. The van der Waals surface area contributed by atoms with Gasteiger partial charge in [0.2, 0.25) is 0 Å². The van der Waals surface area contributed by atoms with Crippen molar-refractivity contribution in [3.8, 4) is 0 Å². The van der Waals surface area contributed by atoms with Gasteiger partial charge in [0.25, 0.3) is 0 Å². The zero-order chi connectivity index (χ0) is 17.8. The van der Waals surface area contributed by atoms with Crippen molar-refractivity contribution in [2.24, 2.45) is 0 Å². The normalized spacial score (nSPS) is 11.1. The number of hydrogen-bond acceptors (Lipinski definition) is 4. The average molecular weight is 379 g/mol. The maximum absolute atomic E-state index is 5.45. The summed E-state index contributed by atoms with van der Waals surface area (Å²) in [4.78, 5) is 0. The number of thiocarbonyl (C=S) groups is 1. The van der Waals surface area contributed by atoms with Gasteiger partial charge in [0.05, 0.1) is 5.69 Å². The van der Waals surface area contributed by atoms with Crippen LogP contribution in [0, 0.1) is 0 Å². The molecule has 5 heteroatoms. The molecule has 130 valence electrons. The Kier molecular flexibility index (Phi) is 5.18. The summed E-state index contributed by atoms with van der Waals surface area (Å²) in [6.07, 6.45) is 0.785. The Balaban J connectivity index is 1.28. The second-order valence-corrected chi connectivity index (χ2v) is 7.71. The van der Waals surface area contributed by atoms with Crippen LogP contribution in [0.5, 0.6) is 0 Å². The summed E-state index contributed by atoms with van der Waals surface area (Å²) in [7, 11) is 0. The van der Waals surface area contributed by atoms with Gasteiger partial charge in [-0.25, -0.2) is 0 Å². The van der Waals surface area contributed by atoms with Crippen LogP contribution in [-0.4, -0.2) is 16.0 Å². The van der Waals surface area contributed by atoms with Crippen LogP contribution >= 0.6 is 24.0 Å². The minimum atomic E-state index is 0.750. The van der Waals surface area contributed by atoms with E-state index in [0.717, 1.165) is 39.7 Å². The number of hydrogen-bond donors (Lipinski definition) is 1. The Morgan fingerprint density at radius 1 is 1.00 bits per heavy atom. The lowest BCUT2D eigenvalue weighted by Crippen LogP contribution is -2.21. The third-order valence-corrected chi connectivity index (χ3v) is 5.65. The molecule has 0 atom stereocenters. The molecule has 3 nitrogen and oxygen atoms in total. The Bertz CT molecular complexity index is 1060. The minimum absolute atomic E-state index is 0.750. The van der Waals surface area contributed by atoms with Crippen LogP contribution in [0.2, 0.25) is 0 Å². The van der Waals surface area contributed by atoms with E-state index in [1.807, 2.05) is 24.3 Å². The van der Waals surface area contributed by atoms with E-state index in [2.05, 4.69) is 52.9 Å². The molecule has 4 aromatic rings. The first-order valence-electron chi connectivity index (χ1n) is 8.51.